The average molecular weight is 365 g/mol. The maximum Gasteiger partial charge on any atom is 0.210 e. The molecular formula is C17H24N4OS2. The summed E-state index contributed by atoms with van der Waals surface area (Å²) in [6.07, 6.45) is 5.27. The molecule has 2 heterocycles. The number of rotatable bonds is 7. The molecule has 1 N–H and O–H groups in total. The first kappa shape index (κ1) is 17.5. The third-order valence-corrected chi connectivity index (χ3v) is 6.35. The summed E-state index contributed by atoms with van der Waals surface area (Å²) < 4.78 is 6.20. The Kier molecular flexibility index (Phi) is 6.34. The molecule has 0 radical (unpaired) electrons. The fourth-order valence-corrected chi connectivity index (χ4v) is 4.79. The standard InChI is InChI=1S/C17H24N4OS2/c1-21-11-4-3-5-14(21)10-12-23-17-20-19-16(24-17)18-13-6-8-15(22-2)9-7-13/h6-9,14H,3-5,10-12H2,1-2H3,(H,18,19)/t14-/m1/s1. The van der Waals surface area contributed by atoms with Gasteiger partial charge < -0.3 is 15.0 Å². The van der Waals surface area contributed by atoms with Crippen molar-refractivity contribution in [2.24, 2.45) is 0 Å². The Morgan fingerprint density at radius 3 is 2.88 bits per heavy atom. The molecule has 1 atom stereocenters. The predicted octanol–water partition coefficient (Wildman–Crippen LogP) is 4.26. The SMILES string of the molecule is COc1ccc(Nc2nnc(SCC[C@H]3CCCCN3C)s2)cc1. The van der Waals surface area contributed by atoms with E-state index in [0.717, 1.165) is 32.7 Å². The second-order valence-corrected chi connectivity index (χ2v) is 8.31. The van der Waals surface area contributed by atoms with Gasteiger partial charge in [-0.1, -0.05) is 29.5 Å². The third kappa shape index (κ3) is 4.84. The van der Waals surface area contributed by atoms with Crippen LogP contribution in [0, 0.1) is 0 Å². The lowest BCUT2D eigenvalue weighted by Crippen LogP contribution is -2.36. The molecule has 1 aliphatic rings. The lowest BCUT2D eigenvalue weighted by Gasteiger charge is -2.32. The highest BCUT2D eigenvalue weighted by Gasteiger charge is 2.18. The van der Waals surface area contributed by atoms with Gasteiger partial charge in [-0.15, -0.1) is 10.2 Å². The molecule has 2 aromatic rings. The average Bonchev–Trinajstić information content (AvgIpc) is 3.05. The van der Waals surface area contributed by atoms with Crippen molar-refractivity contribution in [3.8, 4) is 5.75 Å². The molecule has 0 bridgehead atoms. The van der Waals surface area contributed by atoms with Gasteiger partial charge in [0.05, 0.1) is 7.11 Å². The van der Waals surface area contributed by atoms with E-state index in [1.54, 1.807) is 18.4 Å². The van der Waals surface area contributed by atoms with Crippen LogP contribution in [-0.2, 0) is 0 Å². The number of benzene rings is 1. The molecule has 0 aliphatic carbocycles. The number of hydrogen-bond donors (Lipinski definition) is 1. The maximum absolute atomic E-state index is 5.17. The first-order chi connectivity index (χ1) is 11.7. The molecule has 0 saturated carbocycles. The Morgan fingerprint density at radius 1 is 1.29 bits per heavy atom. The molecule has 1 saturated heterocycles. The van der Waals surface area contributed by atoms with Crippen molar-refractivity contribution >= 4 is 33.9 Å². The minimum Gasteiger partial charge on any atom is -0.497 e. The lowest BCUT2D eigenvalue weighted by molar-refractivity contribution is 0.182. The van der Waals surface area contributed by atoms with Crippen LogP contribution in [0.5, 0.6) is 5.75 Å². The summed E-state index contributed by atoms with van der Waals surface area (Å²) in [6.45, 7) is 1.24. The van der Waals surface area contributed by atoms with Gasteiger partial charge in [0.2, 0.25) is 5.13 Å². The van der Waals surface area contributed by atoms with Crippen molar-refractivity contribution in [3.05, 3.63) is 24.3 Å². The maximum atomic E-state index is 5.17. The van der Waals surface area contributed by atoms with Gasteiger partial charge in [0.25, 0.3) is 0 Å². The summed E-state index contributed by atoms with van der Waals surface area (Å²) in [4.78, 5) is 2.50. The summed E-state index contributed by atoms with van der Waals surface area (Å²) in [5.41, 5.74) is 0.993. The van der Waals surface area contributed by atoms with Gasteiger partial charge >= 0.3 is 0 Å². The number of hydrogen-bond acceptors (Lipinski definition) is 7. The molecule has 1 fully saturated rings. The normalized spacial score (nSPS) is 18.5. The zero-order valence-corrected chi connectivity index (χ0v) is 15.8. The van der Waals surface area contributed by atoms with E-state index in [9.17, 15) is 0 Å². The number of piperidine rings is 1. The Morgan fingerprint density at radius 2 is 2.12 bits per heavy atom. The van der Waals surface area contributed by atoms with E-state index in [1.165, 1.54) is 32.2 Å². The largest absolute Gasteiger partial charge is 0.497 e. The number of nitrogens with one attached hydrogen (secondary N) is 1. The van der Waals surface area contributed by atoms with Gasteiger partial charge in [0.1, 0.15) is 5.75 Å². The van der Waals surface area contributed by atoms with Crippen molar-refractivity contribution < 1.29 is 4.74 Å². The van der Waals surface area contributed by atoms with Gasteiger partial charge in [-0.2, -0.15) is 0 Å². The van der Waals surface area contributed by atoms with Gasteiger partial charge in [-0.05, 0) is 57.1 Å². The van der Waals surface area contributed by atoms with Gasteiger partial charge in [-0.25, -0.2) is 0 Å². The summed E-state index contributed by atoms with van der Waals surface area (Å²) in [7, 11) is 3.91. The van der Waals surface area contributed by atoms with E-state index < -0.39 is 0 Å². The molecule has 3 rings (SSSR count). The van der Waals surface area contributed by atoms with E-state index in [4.69, 9.17) is 4.74 Å². The number of ether oxygens (including phenoxy) is 1. The summed E-state index contributed by atoms with van der Waals surface area (Å²) in [6, 6.07) is 8.55. The van der Waals surface area contributed by atoms with Crippen LogP contribution in [0.4, 0.5) is 10.8 Å². The fraction of sp³-hybridized carbons (Fsp3) is 0.529. The van der Waals surface area contributed by atoms with Crippen LogP contribution in [0.15, 0.2) is 28.6 Å². The third-order valence-electron chi connectivity index (χ3n) is 4.35. The zero-order chi connectivity index (χ0) is 16.8. The fourth-order valence-electron chi connectivity index (χ4n) is 2.91. The summed E-state index contributed by atoms with van der Waals surface area (Å²) >= 11 is 3.42. The molecule has 1 aromatic carbocycles. The minimum absolute atomic E-state index is 0.732. The number of aromatic nitrogens is 2. The predicted molar refractivity (Wildman–Crippen MR) is 102 cm³/mol. The molecule has 0 unspecified atom stereocenters. The topological polar surface area (TPSA) is 50.3 Å². The molecule has 7 heteroatoms. The number of anilines is 2. The van der Waals surface area contributed by atoms with Crippen molar-refractivity contribution in [1.82, 2.24) is 15.1 Å². The van der Waals surface area contributed by atoms with Crippen molar-refractivity contribution in [2.45, 2.75) is 36.1 Å². The summed E-state index contributed by atoms with van der Waals surface area (Å²) in [5.74, 6) is 1.95. The van der Waals surface area contributed by atoms with Crippen molar-refractivity contribution in [3.63, 3.8) is 0 Å². The smallest absolute Gasteiger partial charge is 0.210 e. The van der Waals surface area contributed by atoms with Gasteiger partial charge in [0.15, 0.2) is 4.34 Å². The Balaban J connectivity index is 1.46. The van der Waals surface area contributed by atoms with Gasteiger partial charge in [0, 0.05) is 17.5 Å². The lowest BCUT2D eigenvalue weighted by atomic mass is 10.0. The number of thioether (sulfide) groups is 1. The van der Waals surface area contributed by atoms with Crippen LogP contribution in [0.25, 0.3) is 0 Å². The van der Waals surface area contributed by atoms with Crippen LogP contribution in [0.3, 0.4) is 0 Å². The van der Waals surface area contributed by atoms with Crippen molar-refractivity contribution in [2.75, 3.05) is 31.8 Å². The second-order valence-electron chi connectivity index (χ2n) is 5.99. The highest BCUT2D eigenvalue weighted by atomic mass is 32.2. The van der Waals surface area contributed by atoms with Crippen LogP contribution < -0.4 is 10.1 Å². The van der Waals surface area contributed by atoms with E-state index >= 15 is 0 Å². The molecule has 0 amide bonds. The van der Waals surface area contributed by atoms with Crippen molar-refractivity contribution in [1.29, 1.82) is 0 Å². The first-order valence-corrected chi connectivity index (χ1v) is 10.1. The molecular weight excluding hydrogens is 340 g/mol. The van der Waals surface area contributed by atoms with Crippen LogP contribution >= 0.6 is 23.1 Å². The van der Waals surface area contributed by atoms with E-state index in [2.05, 4.69) is 27.5 Å². The molecule has 5 nitrogen and oxygen atoms in total. The minimum atomic E-state index is 0.732. The Labute approximate surface area is 151 Å². The monoisotopic (exact) mass is 364 g/mol. The van der Waals surface area contributed by atoms with E-state index in [-0.39, 0.29) is 0 Å². The molecule has 1 aliphatic heterocycles. The zero-order valence-electron chi connectivity index (χ0n) is 14.2. The van der Waals surface area contributed by atoms with E-state index in [0.29, 0.717) is 0 Å². The first-order valence-electron chi connectivity index (χ1n) is 8.32. The van der Waals surface area contributed by atoms with E-state index in [1.807, 2.05) is 36.0 Å². The van der Waals surface area contributed by atoms with Crippen LogP contribution in [-0.4, -0.2) is 47.6 Å². The van der Waals surface area contributed by atoms with Crippen LogP contribution in [0.1, 0.15) is 25.7 Å². The van der Waals surface area contributed by atoms with Gasteiger partial charge in [-0.3, -0.25) is 0 Å². The number of methoxy groups -OCH3 is 1. The Bertz CT molecular complexity index is 632. The molecule has 130 valence electrons. The highest BCUT2D eigenvalue weighted by molar-refractivity contribution is 8.01. The second kappa shape index (κ2) is 8.69. The molecule has 0 spiro atoms. The Hall–Kier alpha value is -1.31. The van der Waals surface area contributed by atoms with Crippen LogP contribution in [0.2, 0.25) is 0 Å². The summed E-state index contributed by atoms with van der Waals surface area (Å²) in [5, 5.41) is 12.6. The molecule has 1 aromatic heterocycles. The quantitative estimate of drug-likeness (QED) is 0.741. The highest BCUT2D eigenvalue weighted by Crippen LogP contribution is 2.29. The molecule has 24 heavy (non-hydrogen) atoms. The number of nitrogens with zero attached hydrogens (tertiary/aromatic N) is 3. The number of likely N-dealkylation sites (tertiary alicyclic amines) is 1.